The van der Waals surface area contributed by atoms with E-state index in [0.29, 0.717) is 26.4 Å². The molecule has 1 atom stereocenters. The molecule has 0 aliphatic rings. The molecule has 2 N–H and O–H groups in total. The molecule has 2 rings (SSSR count). The number of methoxy groups -OCH3 is 4. The van der Waals surface area contributed by atoms with Gasteiger partial charge in [0.2, 0.25) is 0 Å². The smallest absolute Gasteiger partial charge is 0.126 e. The van der Waals surface area contributed by atoms with E-state index in [9.17, 15) is 10.2 Å². The van der Waals surface area contributed by atoms with Gasteiger partial charge in [-0.3, -0.25) is 0 Å². The Balaban J connectivity index is 2.37. The lowest BCUT2D eigenvalue weighted by Gasteiger charge is -2.19. The third-order valence-electron chi connectivity index (χ3n) is 4.93. The van der Waals surface area contributed by atoms with Crippen LogP contribution in [0.15, 0.2) is 24.3 Å². The number of hydrogen-bond acceptors (Lipinski definition) is 6. The molecule has 0 amide bonds. The summed E-state index contributed by atoms with van der Waals surface area (Å²) in [5, 5.41) is 20.9. The van der Waals surface area contributed by atoms with E-state index in [2.05, 4.69) is 6.92 Å². The SMILES string of the molecule is COCc1cc(CC(C)c2cc(COC)c(O)c(COC)c2)cc(COC)c1O. The van der Waals surface area contributed by atoms with Gasteiger partial charge in [0, 0.05) is 50.7 Å². The van der Waals surface area contributed by atoms with Crippen molar-refractivity contribution in [3.8, 4) is 11.5 Å². The zero-order valence-electron chi connectivity index (χ0n) is 17.9. The Morgan fingerprint density at radius 1 is 0.655 bits per heavy atom. The van der Waals surface area contributed by atoms with Gasteiger partial charge in [-0.1, -0.05) is 6.92 Å². The van der Waals surface area contributed by atoms with Gasteiger partial charge in [-0.15, -0.1) is 0 Å². The first-order chi connectivity index (χ1) is 13.9. The molecule has 160 valence electrons. The van der Waals surface area contributed by atoms with E-state index >= 15 is 0 Å². The van der Waals surface area contributed by atoms with Crippen LogP contribution in [-0.4, -0.2) is 38.7 Å². The lowest BCUT2D eigenvalue weighted by molar-refractivity contribution is 0.174. The van der Waals surface area contributed by atoms with Crippen molar-refractivity contribution in [2.24, 2.45) is 0 Å². The average molecular weight is 405 g/mol. The van der Waals surface area contributed by atoms with Gasteiger partial charge in [-0.2, -0.15) is 0 Å². The van der Waals surface area contributed by atoms with Crippen LogP contribution in [0.25, 0.3) is 0 Å². The first-order valence-corrected chi connectivity index (χ1v) is 9.59. The fraction of sp³-hybridized carbons (Fsp3) is 0.478. The van der Waals surface area contributed by atoms with Crippen molar-refractivity contribution in [2.75, 3.05) is 28.4 Å². The molecule has 6 heteroatoms. The molecule has 6 nitrogen and oxygen atoms in total. The predicted octanol–water partition coefficient (Wildman–Crippen LogP) is 4.03. The molecule has 2 aromatic rings. The second-order valence-electron chi connectivity index (χ2n) is 7.29. The molecule has 0 aliphatic heterocycles. The van der Waals surface area contributed by atoms with Crippen LogP contribution in [0.1, 0.15) is 46.2 Å². The van der Waals surface area contributed by atoms with E-state index in [-0.39, 0.29) is 17.4 Å². The van der Waals surface area contributed by atoms with E-state index in [1.165, 1.54) is 0 Å². The molecule has 0 saturated heterocycles. The molecule has 0 spiro atoms. The molecule has 0 fully saturated rings. The summed E-state index contributed by atoms with van der Waals surface area (Å²) < 4.78 is 20.9. The molecule has 0 heterocycles. The Hall–Kier alpha value is -2.12. The summed E-state index contributed by atoms with van der Waals surface area (Å²) in [6, 6.07) is 7.91. The minimum Gasteiger partial charge on any atom is -0.507 e. The number of rotatable bonds is 11. The summed E-state index contributed by atoms with van der Waals surface area (Å²) >= 11 is 0. The van der Waals surface area contributed by atoms with E-state index in [4.69, 9.17) is 18.9 Å². The molecule has 0 radical (unpaired) electrons. The Bertz CT molecular complexity index is 748. The number of ether oxygens (including phenoxy) is 4. The van der Waals surface area contributed by atoms with Gasteiger partial charge in [0.1, 0.15) is 11.5 Å². The van der Waals surface area contributed by atoms with Crippen LogP contribution in [-0.2, 0) is 51.8 Å². The van der Waals surface area contributed by atoms with Gasteiger partial charge in [0.25, 0.3) is 0 Å². The van der Waals surface area contributed by atoms with Crippen molar-refractivity contribution in [3.63, 3.8) is 0 Å². The topological polar surface area (TPSA) is 77.4 Å². The normalized spacial score (nSPS) is 12.3. The monoisotopic (exact) mass is 404 g/mol. The highest BCUT2D eigenvalue weighted by Crippen LogP contribution is 2.33. The van der Waals surface area contributed by atoms with E-state index < -0.39 is 0 Å². The predicted molar refractivity (Wildman–Crippen MR) is 111 cm³/mol. The quantitative estimate of drug-likeness (QED) is 0.589. The second kappa shape index (κ2) is 11.2. The van der Waals surface area contributed by atoms with Gasteiger partial charge in [0.15, 0.2) is 0 Å². The summed E-state index contributed by atoms with van der Waals surface area (Å²) in [7, 11) is 6.43. The first kappa shape index (κ1) is 23.2. The third kappa shape index (κ3) is 5.93. The van der Waals surface area contributed by atoms with Crippen molar-refractivity contribution >= 4 is 0 Å². The summed E-state index contributed by atoms with van der Waals surface area (Å²) in [5.74, 6) is 0.621. The zero-order chi connectivity index (χ0) is 21.4. The molecule has 0 saturated carbocycles. The number of phenolic OH excluding ortho intramolecular Hbond substituents is 2. The van der Waals surface area contributed by atoms with E-state index in [1.807, 2.05) is 24.3 Å². The molecule has 29 heavy (non-hydrogen) atoms. The minimum atomic E-state index is 0.178. The standard InChI is InChI=1S/C23H32O6/c1-15(17-9-20(13-28-4)23(25)21(10-17)14-29-5)6-16-7-18(11-26-2)22(24)19(8-16)12-27-3/h7-10,15,24-25H,6,11-14H2,1-5H3. The largest absolute Gasteiger partial charge is 0.507 e. The Morgan fingerprint density at radius 2 is 1.00 bits per heavy atom. The van der Waals surface area contributed by atoms with Gasteiger partial charge in [0.05, 0.1) is 26.4 Å². The van der Waals surface area contributed by atoms with Gasteiger partial charge < -0.3 is 29.2 Å². The van der Waals surface area contributed by atoms with Crippen LogP contribution in [0.4, 0.5) is 0 Å². The number of benzene rings is 2. The fourth-order valence-electron chi connectivity index (χ4n) is 3.56. The maximum absolute atomic E-state index is 10.5. The third-order valence-corrected chi connectivity index (χ3v) is 4.93. The minimum absolute atomic E-state index is 0.178. The molecule has 0 aliphatic carbocycles. The fourth-order valence-corrected chi connectivity index (χ4v) is 3.56. The van der Waals surface area contributed by atoms with E-state index in [0.717, 1.165) is 39.8 Å². The summed E-state index contributed by atoms with van der Waals surface area (Å²) in [4.78, 5) is 0. The van der Waals surface area contributed by atoms with Crippen molar-refractivity contribution in [3.05, 3.63) is 57.6 Å². The van der Waals surface area contributed by atoms with Crippen LogP contribution in [0.2, 0.25) is 0 Å². The van der Waals surface area contributed by atoms with Crippen molar-refractivity contribution in [1.29, 1.82) is 0 Å². The van der Waals surface area contributed by atoms with Crippen molar-refractivity contribution in [1.82, 2.24) is 0 Å². The first-order valence-electron chi connectivity index (χ1n) is 9.59. The van der Waals surface area contributed by atoms with Crippen LogP contribution in [0.5, 0.6) is 11.5 Å². The summed E-state index contributed by atoms with van der Waals surface area (Å²) in [5.41, 5.74) is 5.16. The maximum Gasteiger partial charge on any atom is 0.126 e. The highest BCUT2D eigenvalue weighted by atomic mass is 16.5. The van der Waals surface area contributed by atoms with Crippen LogP contribution < -0.4 is 0 Å². The molecule has 0 aromatic heterocycles. The molecule has 0 bridgehead atoms. The van der Waals surface area contributed by atoms with Crippen LogP contribution in [0, 0.1) is 0 Å². The maximum atomic E-state index is 10.5. The Labute approximate surface area is 173 Å². The average Bonchev–Trinajstić information content (AvgIpc) is 2.69. The Morgan fingerprint density at radius 3 is 1.34 bits per heavy atom. The Kier molecular flexibility index (Phi) is 8.92. The van der Waals surface area contributed by atoms with Crippen LogP contribution >= 0.6 is 0 Å². The van der Waals surface area contributed by atoms with Crippen molar-refractivity contribution in [2.45, 2.75) is 45.7 Å². The zero-order valence-corrected chi connectivity index (χ0v) is 17.9. The number of aromatic hydroxyl groups is 2. The van der Waals surface area contributed by atoms with Crippen molar-refractivity contribution < 1.29 is 29.2 Å². The lowest BCUT2D eigenvalue weighted by atomic mass is 9.89. The number of hydrogen-bond donors (Lipinski definition) is 2. The lowest BCUT2D eigenvalue weighted by Crippen LogP contribution is -2.05. The second-order valence-corrected chi connectivity index (χ2v) is 7.29. The number of phenols is 2. The molecule has 1 unspecified atom stereocenters. The molecule has 2 aromatic carbocycles. The van der Waals surface area contributed by atoms with Gasteiger partial charge in [-0.05, 0) is 47.7 Å². The summed E-state index contributed by atoms with van der Waals surface area (Å²) in [6.45, 7) is 3.47. The van der Waals surface area contributed by atoms with Crippen LogP contribution in [0.3, 0.4) is 0 Å². The molecular formula is C23H32O6. The summed E-state index contributed by atoms with van der Waals surface area (Å²) in [6.07, 6.45) is 0.761. The highest BCUT2D eigenvalue weighted by Gasteiger charge is 2.17. The van der Waals surface area contributed by atoms with Gasteiger partial charge in [-0.25, -0.2) is 0 Å². The highest BCUT2D eigenvalue weighted by molar-refractivity contribution is 5.46. The van der Waals surface area contributed by atoms with E-state index in [1.54, 1.807) is 28.4 Å². The molecular weight excluding hydrogens is 372 g/mol. The van der Waals surface area contributed by atoms with Gasteiger partial charge >= 0.3 is 0 Å².